The van der Waals surface area contributed by atoms with Crippen LogP contribution < -0.4 is 0 Å². The van der Waals surface area contributed by atoms with Crippen LogP contribution in [0.5, 0.6) is 0 Å². The summed E-state index contributed by atoms with van der Waals surface area (Å²) in [5, 5.41) is 14.3. The minimum atomic E-state index is -1.15. The molecule has 0 N–H and O–H groups in total. The zero-order chi connectivity index (χ0) is 17.7. The molecule has 0 radical (unpaired) electrons. The number of aromatic nitrogens is 3. The van der Waals surface area contributed by atoms with Crippen molar-refractivity contribution in [3.05, 3.63) is 83.2 Å². The zero-order valence-corrected chi connectivity index (χ0v) is 14.2. The van der Waals surface area contributed by atoms with Crippen LogP contribution in [0, 0.1) is 17.1 Å². The average Bonchev–Trinajstić information content (AvgIpc) is 3.13. The van der Waals surface area contributed by atoms with Crippen molar-refractivity contribution in [1.82, 2.24) is 14.8 Å². The number of nitrogens with zero attached hydrogens (tertiary/aromatic N) is 4. The Bertz CT molecular complexity index is 854. The van der Waals surface area contributed by atoms with E-state index in [1.807, 2.05) is 30.3 Å². The summed E-state index contributed by atoms with van der Waals surface area (Å²) in [6, 6.07) is 16.6. The topological polar surface area (TPSA) is 54.5 Å². The first-order valence-electron chi connectivity index (χ1n) is 7.87. The molecule has 1 aromatic heterocycles. The highest BCUT2D eigenvalue weighted by Crippen LogP contribution is 2.37. The maximum atomic E-state index is 14.6. The fraction of sp³-hybridized carbons (Fsp3) is 0.211. The van der Waals surface area contributed by atoms with E-state index in [2.05, 4.69) is 16.2 Å². The van der Waals surface area contributed by atoms with E-state index >= 15 is 0 Å². The molecule has 1 heterocycles. The van der Waals surface area contributed by atoms with E-state index in [0.717, 1.165) is 5.56 Å². The van der Waals surface area contributed by atoms with Crippen molar-refractivity contribution in [1.29, 1.82) is 5.26 Å². The molecule has 25 heavy (non-hydrogen) atoms. The highest BCUT2D eigenvalue weighted by Gasteiger charge is 2.37. The van der Waals surface area contributed by atoms with Crippen LogP contribution in [0.1, 0.15) is 17.5 Å². The first-order valence-corrected chi connectivity index (χ1v) is 8.24. The van der Waals surface area contributed by atoms with Gasteiger partial charge in [-0.1, -0.05) is 48.0 Å². The van der Waals surface area contributed by atoms with E-state index in [9.17, 15) is 9.65 Å². The predicted octanol–water partition coefficient (Wildman–Crippen LogP) is 4.16. The van der Waals surface area contributed by atoms with E-state index in [0.29, 0.717) is 12.8 Å². The fourth-order valence-corrected chi connectivity index (χ4v) is 3.32. The summed E-state index contributed by atoms with van der Waals surface area (Å²) in [7, 11) is 0. The van der Waals surface area contributed by atoms with Crippen molar-refractivity contribution in [3.63, 3.8) is 0 Å². The van der Waals surface area contributed by atoms with E-state index < -0.39 is 11.2 Å². The Kier molecular flexibility index (Phi) is 5.11. The lowest BCUT2D eigenvalue weighted by atomic mass is 9.76. The van der Waals surface area contributed by atoms with Crippen LogP contribution in [-0.4, -0.2) is 14.8 Å². The number of benzene rings is 2. The third-order valence-electron chi connectivity index (χ3n) is 4.24. The van der Waals surface area contributed by atoms with Crippen molar-refractivity contribution >= 4 is 11.6 Å². The smallest absolute Gasteiger partial charge is 0.137 e. The lowest BCUT2D eigenvalue weighted by molar-refractivity contribution is 0.387. The van der Waals surface area contributed by atoms with Gasteiger partial charge in [0.1, 0.15) is 23.9 Å². The molecule has 0 saturated heterocycles. The molecule has 0 fully saturated rings. The third-order valence-corrected chi connectivity index (χ3v) is 4.55. The number of halogens is 2. The monoisotopic (exact) mass is 354 g/mol. The quantitative estimate of drug-likeness (QED) is 0.667. The summed E-state index contributed by atoms with van der Waals surface area (Å²) in [4.78, 5) is 3.91. The Morgan fingerprint density at radius 2 is 1.96 bits per heavy atom. The van der Waals surface area contributed by atoms with E-state index in [1.165, 1.54) is 29.5 Å². The maximum absolute atomic E-state index is 14.6. The number of hydrogen-bond donors (Lipinski definition) is 0. The first kappa shape index (κ1) is 17.1. The van der Waals surface area contributed by atoms with Gasteiger partial charge in [-0.2, -0.15) is 10.4 Å². The van der Waals surface area contributed by atoms with Crippen molar-refractivity contribution in [3.8, 4) is 6.07 Å². The number of nitriles is 1. The van der Waals surface area contributed by atoms with Gasteiger partial charge in [-0.3, -0.25) is 4.68 Å². The number of rotatable bonds is 6. The van der Waals surface area contributed by atoms with E-state index in [1.54, 1.807) is 6.07 Å². The minimum absolute atomic E-state index is 0.178. The normalized spacial score (nSPS) is 13.2. The van der Waals surface area contributed by atoms with Crippen molar-refractivity contribution < 1.29 is 4.39 Å². The summed E-state index contributed by atoms with van der Waals surface area (Å²) < 4.78 is 16.1. The van der Waals surface area contributed by atoms with Gasteiger partial charge in [-0.25, -0.2) is 9.37 Å². The van der Waals surface area contributed by atoms with Gasteiger partial charge >= 0.3 is 0 Å². The minimum Gasteiger partial charge on any atom is -0.251 e. The summed E-state index contributed by atoms with van der Waals surface area (Å²) in [5.41, 5.74) is 0.144. The molecule has 0 aliphatic heterocycles. The van der Waals surface area contributed by atoms with Gasteiger partial charge in [0.2, 0.25) is 0 Å². The summed E-state index contributed by atoms with van der Waals surface area (Å²) in [6.45, 7) is 0.178. The van der Waals surface area contributed by atoms with Crippen LogP contribution in [0.15, 0.2) is 61.2 Å². The second-order valence-corrected chi connectivity index (χ2v) is 6.28. The Morgan fingerprint density at radius 1 is 1.16 bits per heavy atom. The maximum Gasteiger partial charge on any atom is 0.137 e. The van der Waals surface area contributed by atoms with Gasteiger partial charge in [-0.05, 0) is 30.5 Å². The molecular formula is C19H16ClFN4. The first-order chi connectivity index (χ1) is 12.1. The van der Waals surface area contributed by atoms with Gasteiger partial charge in [0.15, 0.2) is 0 Å². The van der Waals surface area contributed by atoms with Crippen molar-refractivity contribution in [2.24, 2.45) is 0 Å². The zero-order valence-electron chi connectivity index (χ0n) is 13.4. The molecule has 3 rings (SSSR count). The molecule has 0 aliphatic rings. The second kappa shape index (κ2) is 7.45. The van der Waals surface area contributed by atoms with Gasteiger partial charge in [0.25, 0.3) is 0 Å². The van der Waals surface area contributed by atoms with Crippen molar-refractivity contribution in [2.45, 2.75) is 24.8 Å². The average molecular weight is 355 g/mol. The van der Waals surface area contributed by atoms with Crippen LogP contribution in [0.2, 0.25) is 5.02 Å². The van der Waals surface area contributed by atoms with Crippen LogP contribution in [0.3, 0.4) is 0 Å². The van der Waals surface area contributed by atoms with Gasteiger partial charge in [-0.15, -0.1) is 0 Å². The predicted molar refractivity (Wildman–Crippen MR) is 93.5 cm³/mol. The SMILES string of the molecule is N#CC(CCc1ccccc1)(Cn1cncn1)c1c(F)cccc1Cl. The molecule has 2 aromatic carbocycles. The van der Waals surface area contributed by atoms with E-state index in [-0.39, 0.29) is 17.1 Å². The molecule has 1 atom stereocenters. The highest BCUT2D eigenvalue weighted by atomic mass is 35.5. The van der Waals surface area contributed by atoms with E-state index in [4.69, 9.17) is 11.6 Å². The Morgan fingerprint density at radius 3 is 2.60 bits per heavy atom. The fourth-order valence-electron chi connectivity index (χ4n) is 2.98. The largest absolute Gasteiger partial charge is 0.251 e. The molecule has 0 saturated carbocycles. The Labute approximate surface area is 150 Å². The summed E-state index contributed by atoms with van der Waals surface area (Å²) in [6.07, 6.45) is 3.94. The molecule has 0 bridgehead atoms. The number of hydrogen-bond acceptors (Lipinski definition) is 3. The molecule has 0 aliphatic carbocycles. The summed E-state index contributed by atoms with van der Waals surface area (Å²) in [5.74, 6) is -0.484. The molecule has 4 nitrogen and oxygen atoms in total. The molecule has 3 aromatic rings. The van der Waals surface area contributed by atoms with Gasteiger partial charge in [0, 0.05) is 10.6 Å². The molecule has 126 valence electrons. The Hall–Kier alpha value is -2.71. The second-order valence-electron chi connectivity index (χ2n) is 5.87. The molecule has 0 spiro atoms. The van der Waals surface area contributed by atoms with Gasteiger partial charge < -0.3 is 0 Å². The standard InChI is InChI=1S/C19H16ClFN4/c20-16-7-4-8-17(21)18(16)19(11-22,12-25-14-23-13-24-25)10-9-15-5-2-1-3-6-15/h1-8,13-14H,9-10,12H2. The van der Waals surface area contributed by atoms with Crippen LogP contribution in [0.4, 0.5) is 4.39 Å². The highest BCUT2D eigenvalue weighted by molar-refractivity contribution is 6.31. The molecule has 1 unspecified atom stereocenters. The van der Waals surface area contributed by atoms with Gasteiger partial charge in [0.05, 0.1) is 12.6 Å². The molecular weight excluding hydrogens is 339 g/mol. The molecule has 6 heteroatoms. The number of aryl methyl sites for hydroxylation is 1. The summed E-state index contributed by atoms with van der Waals surface area (Å²) >= 11 is 6.28. The molecule has 0 amide bonds. The third kappa shape index (κ3) is 3.70. The lowest BCUT2D eigenvalue weighted by Gasteiger charge is -2.28. The lowest BCUT2D eigenvalue weighted by Crippen LogP contribution is -2.32. The Balaban J connectivity index is 2.02. The van der Waals surface area contributed by atoms with Crippen LogP contribution in [-0.2, 0) is 18.4 Å². The van der Waals surface area contributed by atoms with Crippen molar-refractivity contribution in [2.75, 3.05) is 0 Å². The van der Waals surface area contributed by atoms with Crippen LogP contribution in [0.25, 0.3) is 0 Å². The van der Waals surface area contributed by atoms with Crippen LogP contribution >= 0.6 is 11.6 Å².